The van der Waals surface area contributed by atoms with Crippen molar-refractivity contribution in [3.05, 3.63) is 0 Å². The van der Waals surface area contributed by atoms with Crippen molar-refractivity contribution in [1.82, 2.24) is 4.31 Å². The number of halogens is 1. The number of nitrogens with zero attached hydrogens (tertiary/aromatic N) is 1. The van der Waals surface area contributed by atoms with Crippen LogP contribution >= 0.6 is 9.12 Å². The molecule has 1 saturated heterocycles. The Bertz CT molecular complexity index is 275. The van der Waals surface area contributed by atoms with Crippen LogP contribution in [0.4, 0.5) is 0 Å². The summed E-state index contributed by atoms with van der Waals surface area (Å²) in [6.07, 6.45) is 6.06. The van der Waals surface area contributed by atoms with Gasteiger partial charge in [0.05, 0.1) is 0 Å². The van der Waals surface area contributed by atoms with Gasteiger partial charge in [-0.15, -0.1) is 0 Å². The molecule has 1 heterocycles. The fourth-order valence-electron chi connectivity index (χ4n) is 3.98. The SMILES string of the molecule is CC[C@@]1(C[C@@H]2[C@H](C)C[I-]SN2C)CC2C[C@@H]21. The Kier molecular flexibility index (Phi) is 3.25. The van der Waals surface area contributed by atoms with Gasteiger partial charge in [-0.25, -0.2) is 0 Å². The molecule has 3 aliphatic rings. The Balaban J connectivity index is 1.67. The zero-order valence-electron chi connectivity index (χ0n) is 10.6. The molecular formula is C13H23INS-. The molecule has 5 atom stereocenters. The van der Waals surface area contributed by atoms with Crippen molar-refractivity contribution in [3.8, 4) is 0 Å². The number of hydrogen-bond donors (Lipinski definition) is 0. The molecule has 94 valence electrons. The first-order valence-corrected chi connectivity index (χ1v) is 11.5. The van der Waals surface area contributed by atoms with Crippen LogP contribution in [-0.2, 0) is 0 Å². The summed E-state index contributed by atoms with van der Waals surface area (Å²) < 4.78 is 4.15. The molecule has 2 saturated carbocycles. The predicted octanol–water partition coefficient (Wildman–Crippen LogP) is 0.415. The summed E-state index contributed by atoms with van der Waals surface area (Å²) in [5, 5.41) is 0. The normalized spacial score (nSPS) is 52.4. The summed E-state index contributed by atoms with van der Waals surface area (Å²) in [6.45, 7) is 4.93. The van der Waals surface area contributed by atoms with Crippen LogP contribution in [0.15, 0.2) is 0 Å². The van der Waals surface area contributed by atoms with E-state index in [9.17, 15) is 0 Å². The molecule has 0 aromatic carbocycles. The van der Waals surface area contributed by atoms with E-state index in [1.165, 1.54) is 17.3 Å². The standard InChI is InChI=1S/C13H23INS/c1-4-13(6-10-5-11(10)13)7-12-9(2)8-14-16-15(12)3/h9-12H,4-8H2,1-3H3/q-1/t9-,10?,11+,12-,13+/m1/s1. The van der Waals surface area contributed by atoms with Gasteiger partial charge in [0, 0.05) is 0 Å². The Morgan fingerprint density at radius 3 is 2.81 bits per heavy atom. The van der Waals surface area contributed by atoms with E-state index in [0.29, 0.717) is 19.8 Å². The molecule has 3 rings (SSSR count). The molecule has 0 N–H and O–H groups in total. The number of hydrogen-bond acceptors (Lipinski definition) is 2. The third-order valence-electron chi connectivity index (χ3n) is 5.29. The minimum atomic E-state index is 0.415. The summed E-state index contributed by atoms with van der Waals surface area (Å²) in [4.78, 5) is 0. The van der Waals surface area contributed by atoms with Gasteiger partial charge < -0.3 is 0 Å². The van der Waals surface area contributed by atoms with Crippen LogP contribution in [0.3, 0.4) is 0 Å². The zero-order chi connectivity index (χ0) is 11.3. The Labute approximate surface area is 113 Å². The third kappa shape index (κ3) is 1.85. The first-order chi connectivity index (χ1) is 7.66. The van der Waals surface area contributed by atoms with E-state index in [1.807, 2.05) is 0 Å². The quantitative estimate of drug-likeness (QED) is 0.411. The molecule has 0 aromatic heterocycles. The second-order valence-corrected chi connectivity index (χ2v) is 11.0. The predicted molar refractivity (Wildman–Crippen MR) is 66.7 cm³/mol. The van der Waals surface area contributed by atoms with E-state index < -0.39 is 0 Å². The summed E-state index contributed by atoms with van der Waals surface area (Å²) in [6, 6.07) is 0.875. The van der Waals surface area contributed by atoms with Crippen molar-refractivity contribution >= 4 is 9.12 Å². The van der Waals surface area contributed by atoms with Crippen LogP contribution in [0.2, 0.25) is 0 Å². The van der Waals surface area contributed by atoms with Gasteiger partial charge >= 0.3 is 113 Å². The van der Waals surface area contributed by atoms with Crippen molar-refractivity contribution in [2.75, 3.05) is 11.5 Å². The Morgan fingerprint density at radius 1 is 1.50 bits per heavy atom. The van der Waals surface area contributed by atoms with Gasteiger partial charge in [0.1, 0.15) is 0 Å². The fraction of sp³-hybridized carbons (Fsp3) is 1.00. The molecule has 3 fully saturated rings. The fourth-order valence-corrected chi connectivity index (χ4v) is 9.74. The van der Waals surface area contributed by atoms with E-state index in [-0.39, 0.29) is 0 Å². The van der Waals surface area contributed by atoms with E-state index in [1.54, 1.807) is 12.8 Å². The van der Waals surface area contributed by atoms with Crippen molar-refractivity contribution in [2.45, 2.75) is 45.6 Å². The van der Waals surface area contributed by atoms with E-state index >= 15 is 0 Å². The van der Waals surface area contributed by atoms with E-state index in [2.05, 4.69) is 34.3 Å². The van der Waals surface area contributed by atoms with Crippen molar-refractivity contribution in [3.63, 3.8) is 0 Å². The average molecular weight is 352 g/mol. The second-order valence-electron chi connectivity index (χ2n) is 6.15. The first-order valence-electron chi connectivity index (χ1n) is 6.65. The number of alkyl halides is 1. The maximum atomic E-state index is 2.62. The van der Waals surface area contributed by atoms with Gasteiger partial charge in [-0.05, 0) is 0 Å². The van der Waals surface area contributed by atoms with Crippen molar-refractivity contribution < 1.29 is 19.8 Å². The molecule has 1 unspecified atom stereocenters. The average Bonchev–Trinajstić information content (AvgIpc) is 2.91. The summed E-state index contributed by atoms with van der Waals surface area (Å²) in [5.41, 5.74) is 0.772. The van der Waals surface area contributed by atoms with Crippen LogP contribution < -0.4 is 19.8 Å². The van der Waals surface area contributed by atoms with Crippen LogP contribution in [0.25, 0.3) is 0 Å². The summed E-state index contributed by atoms with van der Waals surface area (Å²) in [7, 11) is 4.52. The maximum absolute atomic E-state index is 2.62. The van der Waals surface area contributed by atoms with Crippen LogP contribution in [0.5, 0.6) is 0 Å². The third-order valence-corrected chi connectivity index (χ3v) is 11.2. The monoisotopic (exact) mass is 352 g/mol. The van der Waals surface area contributed by atoms with Crippen LogP contribution in [0.1, 0.15) is 39.5 Å². The number of fused-ring (bicyclic) bond motifs is 1. The molecule has 0 radical (unpaired) electrons. The summed E-state index contributed by atoms with van der Waals surface area (Å²) in [5.74, 6) is 3.25. The molecule has 16 heavy (non-hydrogen) atoms. The molecule has 1 nitrogen and oxygen atoms in total. The summed E-state index contributed by atoms with van der Waals surface area (Å²) >= 11 is 0.415. The Morgan fingerprint density at radius 2 is 2.31 bits per heavy atom. The molecule has 0 amide bonds. The van der Waals surface area contributed by atoms with Gasteiger partial charge in [-0.2, -0.15) is 0 Å². The van der Waals surface area contributed by atoms with Gasteiger partial charge in [0.25, 0.3) is 0 Å². The van der Waals surface area contributed by atoms with Gasteiger partial charge in [-0.1, -0.05) is 0 Å². The molecule has 0 aromatic rings. The molecule has 3 heteroatoms. The second kappa shape index (κ2) is 4.30. The zero-order valence-corrected chi connectivity index (χ0v) is 13.6. The van der Waals surface area contributed by atoms with Gasteiger partial charge in [0.15, 0.2) is 0 Å². The minimum absolute atomic E-state index is 0.415. The van der Waals surface area contributed by atoms with Crippen LogP contribution in [-0.4, -0.2) is 21.8 Å². The van der Waals surface area contributed by atoms with Crippen molar-refractivity contribution in [2.24, 2.45) is 23.2 Å². The van der Waals surface area contributed by atoms with Gasteiger partial charge in [-0.3, -0.25) is 0 Å². The van der Waals surface area contributed by atoms with E-state index in [0.717, 1.165) is 29.2 Å². The first kappa shape index (κ1) is 12.1. The Hall–Kier alpha value is 1.04. The molecule has 0 bridgehead atoms. The van der Waals surface area contributed by atoms with E-state index in [4.69, 9.17) is 0 Å². The van der Waals surface area contributed by atoms with Gasteiger partial charge in [0.2, 0.25) is 0 Å². The topological polar surface area (TPSA) is 3.24 Å². The molecule has 2 aliphatic carbocycles. The number of rotatable bonds is 3. The van der Waals surface area contributed by atoms with Crippen LogP contribution in [0, 0.1) is 23.2 Å². The molecule has 1 aliphatic heterocycles. The molecular weight excluding hydrogens is 329 g/mol. The van der Waals surface area contributed by atoms with Crippen molar-refractivity contribution in [1.29, 1.82) is 0 Å². The molecule has 0 spiro atoms.